The largest absolute Gasteiger partial charge is 0.350 e. The summed E-state index contributed by atoms with van der Waals surface area (Å²) in [7, 11) is 0. The lowest BCUT2D eigenvalue weighted by molar-refractivity contribution is 0.132. The molecule has 5 rings (SSSR count). The minimum Gasteiger partial charge on any atom is -0.350 e. The number of H-pyrrole nitrogens is 2. The van der Waals surface area contributed by atoms with Gasteiger partial charge in [-0.1, -0.05) is 31.2 Å². The molecule has 1 fully saturated rings. The number of fused-ring (bicyclic) bond motifs is 1. The average molecular weight is 444 g/mol. The Hall–Kier alpha value is -3.49. The van der Waals surface area contributed by atoms with Gasteiger partial charge in [-0.2, -0.15) is 4.98 Å². The van der Waals surface area contributed by atoms with Crippen molar-refractivity contribution in [2.75, 3.05) is 38.0 Å². The van der Waals surface area contributed by atoms with Crippen molar-refractivity contribution in [3.63, 3.8) is 0 Å². The SMILES string of the molecule is CCN1CCN(Cc2ccc(-c3cc4cnc(NCc5cc[nH]c(=O)c5)nc4[nH]3)cc2)CC1. The highest BCUT2D eigenvalue weighted by Gasteiger charge is 2.15. The quantitative estimate of drug-likeness (QED) is 0.407. The molecule has 0 saturated carbocycles. The third-order valence-electron chi connectivity index (χ3n) is 6.24. The number of hydrogen-bond donors (Lipinski definition) is 3. The van der Waals surface area contributed by atoms with Crippen LogP contribution in [0.5, 0.6) is 0 Å². The van der Waals surface area contributed by atoms with E-state index < -0.39 is 0 Å². The Labute approximate surface area is 192 Å². The third-order valence-corrected chi connectivity index (χ3v) is 6.24. The molecule has 0 aliphatic carbocycles. The number of anilines is 1. The van der Waals surface area contributed by atoms with Crippen molar-refractivity contribution < 1.29 is 0 Å². The van der Waals surface area contributed by atoms with Crippen LogP contribution in [0.15, 0.2) is 59.7 Å². The maximum Gasteiger partial charge on any atom is 0.248 e. The van der Waals surface area contributed by atoms with E-state index in [9.17, 15) is 4.79 Å². The van der Waals surface area contributed by atoms with Gasteiger partial charge in [-0.15, -0.1) is 0 Å². The summed E-state index contributed by atoms with van der Waals surface area (Å²) >= 11 is 0. The summed E-state index contributed by atoms with van der Waals surface area (Å²) in [6.07, 6.45) is 3.45. The van der Waals surface area contributed by atoms with E-state index in [-0.39, 0.29) is 5.56 Å². The maximum absolute atomic E-state index is 11.4. The normalized spacial score (nSPS) is 15.2. The summed E-state index contributed by atoms with van der Waals surface area (Å²) in [5, 5.41) is 4.14. The number of aromatic amines is 2. The molecule has 3 aromatic heterocycles. The minimum atomic E-state index is -0.121. The van der Waals surface area contributed by atoms with Crippen molar-refractivity contribution in [3.05, 3.63) is 76.3 Å². The lowest BCUT2D eigenvalue weighted by atomic mass is 10.1. The van der Waals surface area contributed by atoms with Crippen LogP contribution in [-0.4, -0.2) is 62.5 Å². The molecule has 0 atom stereocenters. The first-order chi connectivity index (χ1) is 16.2. The van der Waals surface area contributed by atoms with Crippen LogP contribution in [0.2, 0.25) is 0 Å². The van der Waals surface area contributed by atoms with E-state index in [2.05, 4.69) is 72.3 Å². The highest BCUT2D eigenvalue weighted by atomic mass is 16.1. The van der Waals surface area contributed by atoms with E-state index in [1.54, 1.807) is 12.3 Å². The summed E-state index contributed by atoms with van der Waals surface area (Å²) in [5.74, 6) is 0.523. The molecular formula is C25H29N7O. The van der Waals surface area contributed by atoms with Crippen LogP contribution >= 0.6 is 0 Å². The molecule has 3 N–H and O–H groups in total. The highest BCUT2D eigenvalue weighted by molar-refractivity contribution is 5.83. The molecule has 1 aromatic carbocycles. The smallest absolute Gasteiger partial charge is 0.248 e. The van der Waals surface area contributed by atoms with Gasteiger partial charge in [-0.25, -0.2) is 4.98 Å². The standard InChI is InChI=1S/C25H29N7O/c1-2-31-9-11-32(12-10-31)17-18-3-5-20(6-4-18)22-14-21-16-28-25(30-24(21)29-22)27-15-19-7-8-26-23(33)13-19/h3-8,13-14,16H,2,9-12,15,17H2,1H3,(H,26,33)(H2,27,28,29,30). The molecule has 1 aliphatic heterocycles. The van der Waals surface area contributed by atoms with Gasteiger partial charge in [0.1, 0.15) is 5.65 Å². The lowest BCUT2D eigenvalue weighted by Gasteiger charge is -2.34. The summed E-state index contributed by atoms with van der Waals surface area (Å²) in [4.78, 5) is 31.5. The van der Waals surface area contributed by atoms with Crippen LogP contribution in [-0.2, 0) is 13.1 Å². The first kappa shape index (κ1) is 21.4. The van der Waals surface area contributed by atoms with Crippen LogP contribution in [0.1, 0.15) is 18.1 Å². The van der Waals surface area contributed by atoms with Crippen molar-refractivity contribution in [1.82, 2.24) is 29.7 Å². The fraction of sp³-hybridized carbons (Fsp3) is 0.320. The molecule has 8 heteroatoms. The fourth-order valence-electron chi connectivity index (χ4n) is 4.25. The van der Waals surface area contributed by atoms with E-state index in [1.165, 1.54) is 5.56 Å². The van der Waals surface area contributed by atoms with Gasteiger partial charge in [-0.05, 0) is 35.4 Å². The Balaban J connectivity index is 1.24. The topological polar surface area (TPSA) is 92.9 Å². The molecule has 0 amide bonds. The second-order valence-electron chi connectivity index (χ2n) is 8.50. The molecule has 0 bridgehead atoms. The predicted octanol–water partition coefficient (Wildman–Crippen LogP) is 3.06. The van der Waals surface area contributed by atoms with Crippen LogP contribution in [0.3, 0.4) is 0 Å². The van der Waals surface area contributed by atoms with Crippen molar-refractivity contribution in [1.29, 1.82) is 0 Å². The monoisotopic (exact) mass is 443 g/mol. The van der Waals surface area contributed by atoms with Gasteiger partial charge in [0.05, 0.1) is 0 Å². The number of benzene rings is 1. The molecule has 4 heterocycles. The number of likely N-dealkylation sites (N-methyl/N-ethyl adjacent to an activating group) is 1. The molecule has 4 aromatic rings. The zero-order valence-corrected chi connectivity index (χ0v) is 18.8. The summed E-state index contributed by atoms with van der Waals surface area (Å²) in [5.41, 5.74) is 5.03. The Morgan fingerprint density at radius 3 is 2.55 bits per heavy atom. The number of aromatic nitrogens is 4. The Morgan fingerprint density at radius 1 is 1.00 bits per heavy atom. The molecule has 0 unspecified atom stereocenters. The van der Waals surface area contributed by atoms with E-state index in [0.717, 1.165) is 67.1 Å². The van der Waals surface area contributed by atoms with Crippen molar-refractivity contribution in [2.45, 2.75) is 20.0 Å². The second-order valence-corrected chi connectivity index (χ2v) is 8.50. The average Bonchev–Trinajstić information content (AvgIpc) is 3.27. The van der Waals surface area contributed by atoms with Gasteiger partial charge in [0.25, 0.3) is 0 Å². The summed E-state index contributed by atoms with van der Waals surface area (Å²) in [6.45, 7) is 9.44. The van der Waals surface area contributed by atoms with Crippen LogP contribution < -0.4 is 10.9 Å². The Morgan fingerprint density at radius 2 is 1.79 bits per heavy atom. The van der Waals surface area contributed by atoms with Gasteiger partial charge in [0, 0.05) is 68.8 Å². The van der Waals surface area contributed by atoms with Crippen molar-refractivity contribution in [2.24, 2.45) is 0 Å². The Kier molecular flexibility index (Phi) is 6.19. The zero-order chi connectivity index (χ0) is 22.6. The van der Waals surface area contributed by atoms with E-state index in [4.69, 9.17) is 0 Å². The number of pyridine rings is 1. The number of rotatable bonds is 7. The molecule has 8 nitrogen and oxygen atoms in total. The van der Waals surface area contributed by atoms with Crippen LogP contribution in [0, 0.1) is 0 Å². The number of hydrogen-bond acceptors (Lipinski definition) is 6. The lowest BCUT2D eigenvalue weighted by Crippen LogP contribution is -2.45. The minimum absolute atomic E-state index is 0.121. The van der Waals surface area contributed by atoms with Crippen LogP contribution in [0.4, 0.5) is 5.95 Å². The number of piperazine rings is 1. The Bertz CT molecular complexity index is 1270. The summed E-state index contributed by atoms with van der Waals surface area (Å²) < 4.78 is 0. The van der Waals surface area contributed by atoms with E-state index >= 15 is 0 Å². The second kappa shape index (κ2) is 9.56. The molecular weight excluding hydrogens is 414 g/mol. The summed E-state index contributed by atoms with van der Waals surface area (Å²) in [6, 6.07) is 14.3. The zero-order valence-electron chi connectivity index (χ0n) is 18.8. The number of nitrogens with one attached hydrogen (secondary N) is 3. The van der Waals surface area contributed by atoms with Gasteiger partial charge in [-0.3, -0.25) is 9.69 Å². The number of nitrogens with zero attached hydrogens (tertiary/aromatic N) is 4. The van der Waals surface area contributed by atoms with E-state index in [0.29, 0.717) is 12.5 Å². The van der Waals surface area contributed by atoms with Crippen molar-refractivity contribution in [3.8, 4) is 11.3 Å². The molecule has 0 spiro atoms. The van der Waals surface area contributed by atoms with Gasteiger partial charge < -0.3 is 20.2 Å². The third kappa shape index (κ3) is 5.13. The maximum atomic E-state index is 11.4. The fourth-order valence-corrected chi connectivity index (χ4v) is 4.25. The molecule has 170 valence electrons. The first-order valence-electron chi connectivity index (χ1n) is 11.5. The predicted molar refractivity (Wildman–Crippen MR) is 131 cm³/mol. The van der Waals surface area contributed by atoms with E-state index in [1.807, 2.05) is 12.3 Å². The van der Waals surface area contributed by atoms with Crippen molar-refractivity contribution >= 4 is 17.0 Å². The highest BCUT2D eigenvalue weighted by Crippen LogP contribution is 2.24. The molecule has 33 heavy (non-hydrogen) atoms. The van der Waals surface area contributed by atoms with Gasteiger partial charge >= 0.3 is 0 Å². The molecule has 0 radical (unpaired) electrons. The molecule has 1 saturated heterocycles. The molecule has 1 aliphatic rings. The van der Waals surface area contributed by atoms with Gasteiger partial charge in [0.15, 0.2) is 0 Å². The first-order valence-corrected chi connectivity index (χ1v) is 11.5. The van der Waals surface area contributed by atoms with Crippen LogP contribution in [0.25, 0.3) is 22.3 Å². The van der Waals surface area contributed by atoms with Gasteiger partial charge in [0.2, 0.25) is 11.5 Å².